The van der Waals surface area contributed by atoms with Crippen LogP contribution in [0.25, 0.3) is 0 Å². The van der Waals surface area contributed by atoms with E-state index in [0.717, 1.165) is 25.5 Å². The molecule has 5 nitrogen and oxygen atoms in total. The van der Waals surface area contributed by atoms with E-state index in [2.05, 4.69) is 5.32 Å². The molecule has 0 radical (unpaired) electrons. The Balaban J connectivity index is 2.10. The number of ether oxygens (including phenoxy) is 1. The van der Waals surface area contributed by atoms with Gasteiger partial charge in [0.2, 0.25) is 5.75 Å². The Morgan fingerprint density at radius 1 is 1.59 bits per heavy atom. The van der Waals surface area contributed by atoms with E-state index in [4.69, 9.17) is 4.74 Å². The van der Waals surface area contributed by atoms with Crippen molar-refractivity contribution in [3.63, 3.8) is 0 Å². The molecule has 6 heteroatoms. The van der Waals surface area contributed by atoms with Crippen LogP contribution in [-0.2, 0) is 0 Å². The Morgan fingerprint density at radius 2 is 2.41 bits per heavy atom. The summed E-state index contributed by atoms with van der Waals surface area (Å²) in [4.78, 5) is 10.1. The Hall–Kier alpha value is -1.69. The molecule has 0 aromatic heterocycles. The monoisotopic (exact) mass is 240 g/mol. The van der Waals surface area contributed by atoms with Gasteiger partial charge < -0.3 is 10.1 Å². The van der Waals surface area contributed by atoms with Gasteiger partial charge in [0.25, 0.3) is 0 Å². The van der Waals surface area contributed by atoms with Gasteiger partial charge in [0.05, 0.1) is 4.92 Å². The second-order valence-electron chi connectivity index (χ2n) is 3.95. The molecule has 0 amide bonds. The number of benzene rings is 1. The van der Waals surface area contributed by atoms with Gasteiger partial charge in [-0.15, -0.1) is 0 Å². The summed E-state index contributed by atoms with van der Waals surface area (Å²) >= 11 is 0. The second-order valence-corrected chi connectivity index (χ2v) is 3.95. The quantitative estimate of drug-likeness (QED) is 0.644. The molecule has 1 fully saturated rings. The van der Waals surface area contributed by atoms with Gasteiger partial charge in [-0.3, -0.25) is 10.1 Å². The number of rotatable bonds is 4. The van der Waals surface area contributed by atoms with E-state index in [1.807, 2.05) is 0 Å². The molecule has 1 aromatic carbocycles. The lowest BCUT2D eigenvalue weighted by Gasteiger charge is -2.12. The van der Waals surface area contributed by atoms with Crippen LogP contribution in [0.1, 0.15) is 12.8 Å². The summed E-state index contributed by atoms with van der Waals surface area (Å²) in [5, 5.41) is 13.9. The number of nitrogens with zero attached hydrogens (tertiary/aromatic N) is 1. The zero-order chi connectivity index (χ0) is 12.3. The summed E-state index contributed by atoms with van der Waals surface area (Å²) in [5.74, 6) is -0.969. The fourth-order valence-electron chi connectivity index (χ4n) is 1.87. The SMILES string of the molecule is O=[N+]([O-])c1cccc(F)c1OCC1CCCN1. The lowest BCUT2D eigenvalue weighted by Crippen LogP contribution is -2.28. The maximum absolute atomic E-state index is 13.4. The van der Waals surface area contributed by atoms with Crippen LogP contribution in [0.5, 0.6) is 5.75 Å². The van der Waals surface area contributed by atoms with Gasteiger partial charge in [0, 0.05) is 12.1 Å². The van der Waals surface area contributed by atoms with Gasteiger partial charge in [-0.2, -0.15) is 0 Å². The average molecular weight is 240 g/mol. The molecule has 1 unspecified atom stereocenters. The predicted molar refractivity (Wildman–Crippen MR) is 59.6 cm³/mol. The number of para-hydroxylation sites is 1. The fourth-order valence-corrected chi connectivity index (χ4v) is 1.87. The van der Waals surface area contributed by atoms with Crippen LogP contribution in [0.4, 0.5) is 10.1 Å². The molecule has 1 heterocycles. The van der Waals surface area contributed by atoms with Gasteiger partial charge in [-0.05, 0) is 25.5 Å². The van der Waals surface area contributed by atoms with Crippen LogP contribution in [-0.4, -0.2) is 24.1 Å². The van der Waals surface area contributed by atoms with Crippen molar-refractivity contribution in [3.8, 4) is 5.75 Å². The van der Waals surface area contributed by atoms with E-state index in [9.17, 15) is 14.5 Å². The van der Waals surface area contributed by atoms with Crippen LogP contribution in [0.2, 0.25) is 0 Å². The third kappa shape index (κ3) is 2.71. The maximum Gasteiger partial charge on any atom is 0.314 e. The van der Waals surface area contributed by atoms with Crippen molar-refractivity contribution >= 4 is 5.69 Å². The molecule has 1 atom stereocenters. The molecule has 1 aliphatic rings. The highest BCUT2D eigenvalue weighted by atomic mass is 19.1. The average Bonchev–Trinajstić information content (AvgIpc) is 2.80. The van der Waals surface area contributed by atoms with Crippen molar-refractivity contribution in [2.75, 3.05) is 13.2 Å². The minimum absolute atomic E-state index is 0.147. The second kappa shape index (κ2) is 5.09. The molecule has 0 bridgehead atoms. The standard InChI is InChI=1S/C11H13FN2O3/c12-9-4-1-5-10(14(15)16)11(9)17-7-8-3-2-6-13-8/h1,4-5,8,13H,2-3,6-7H2. The first-order chi connectivity index (χ1) is 8.18. The third-order valence-corrected chi connectivity index (χ3v) is 2.73. The van der Waals surface area contributed by atoms with Crippen LogP contribution < -0.4 is 10.1 Å². The van der Waals surface area contributed by atoms with Gasteiger partial charge >= 0.3 is 5.69 Å². The maximum atomic E-state index is 13.4. The highest BCUT2D eigenvalue weighted by molar-refractivity contribution is 5.46. The van der Waals surface area contributed by atoms with Crippen molar-refractivity contribution in [3.05, 3.63) is 34.1 Å². The van der Waals surface area contributed by atoms with E-state index >= 15 is 0 Å². The Labute approximate surface area is 97.7 Å². The number of halogens is 1. The Kier molecular flexibility index (Phi) is 3.53. The summed E-state index contributed by atoms with van der Waals surface area (Å²) in [7, 11) is 0. The van der Waals surface area contributed by atoms with Gasteiger partial charge in [-0.25, -0.2) is 4.39 Å². The molecule has 1 aliphatic heterocycles. The lowest BCUT2D eigenvalue weighted by atomic mass is 10.2. The number of nitrogens with one attached hydrogen (secondary N) is 1. The molecule has 0 aliphatic carbocycles. The lowest BCUT2D eigenvalue weighted by molar-refractivity contribution is -0.386. The number of hydrogen-bond donors (Lipinski definition) is 1. The molecule has 0 spiro atoms. The minimum atomic E-state index is -0.697. The summed E-state index contributed by atoms with van der Waals surface area (Å²) in [5.41, 5.74) is -0.331. The molecule has 17 heavy (non-hydrogen) atoms. The van der Waals surface area contributed by atoms with Crippen LogP contribution in [0.3, 0.4) is 0 Å². The van der Waals surface area contributed by atoms with Crippen molar-refractivity contribution in [2.24, 2.45) is 0 Å². The van der Waals surface area contributed by atoms with Crippen LogP contribution in [0.15, 0.2) is 18.2 Å². The van der Waals surface area contributed by atoms with E-state index < -0.39 is 10.7 Å². The van der Waals surface area contributed by atoms with Crippen LogP contribution >= 0.6 is 0 Å². The largest absolute Gasteiger partial charge is 0.483 e. The minimum Gasteiger partial charge on any atom is -0.483 e. The summed E-state index contributed by atoms with van der Waals surface area (Å²) < 4.78 is 18.7. The zero-order valence-corrected chi connectivity index (χ0v) is 9.19. The van der Waals surface area contributed by atoms with Gasteiger partial charge in [-0.1, -0.05) is 6.07 Å². The van der Waals surface area contributed by atoms with Crippen molar-refractivity contribution < 1.29 is 14.1 Å². The molecule has 1 aromatic rings. The predicted octanol–water partition coefficient (Wildman–Crippen LogP) is 1.86. The first kappa shape index (κ1) is 11.8. The zero-order valence-electron chi connectivity index (χ0n) is 9.19. The van der Waals surface area contributed by atoms with Crippen molar-refractivity contribution in [1.82, 2.24) is 5.32 Å². The fraction of sp³-hybridized carbons (Fsp3) is 0.455. The number of nitro groups is 1. The van der Waals surface area contributed by atoms with E-state index in [0.29, 0.717) is 0 Å². The van der Waals surface area contributed by atoms with E-state index in [-0.39, 0.29) is 24.1 Å². The van der Waals surface area contributed by atoms with Crippen LogP contribution in [0, 0.1) is 15.9 Å². The molecule has 2 rings (SSSR count). The molecular formula is C11H13FN2O3. The third-order valence-electron chi connectivity index (χ3n) is 2.73. The first-order valence-electron chi connectivity index (χ1n) is 5.47. The number of hydrogen-bond acceptors (Lipinski definition) is 4. The smallest absolute Gasteiger partial charge is 0.314 e. The first-order valence-corrected chi connectivity index (χ1v) is 5.47. The molecular weight excluding hydrogens is 227 g/mol. The Morgan fingerprint density at radius 3 is 3.06 bits per heavy atom. The van der Waals surface area contributed by atoms with E-state index in [1.54, 1.807) is 0 Å². The van der Waals surface area contributed by atoms with E-state index in [1.165, 1.54) is 12.1 Å². The van der Waals surface area contributed by atoms with Crippen molar-refractivity contribution in [1.29, 1.82) is 0 Å². The molecule has 1 N–H and O–H groups in total. The number of nitro benzene ring substituents is 1. The molecule has 0 saturated carbocycles. The molecule has 92 valence electrons. The highest BCUT2D eigenvalue weighted by Gasteiger charge is 2.21. The topological polar surface area (TPSA) is 64.4 Å². The Bertz CT molecular complexity index is 419. The normalized spacial score (nSPS) is 19.2. The summed E-state index contributed by atoms with van der Waals surface area (Å²) in [6.45, 7) is 1.16. The molecule has 1 saturated heterocycles. The van der Waals surface area contributed by atoms with Gasteiger partial charge in [0.1, 0.15) is 6.61 Å². The summed E-state index contributed by atoms with van der Waals surface area (Å²) in [6.07, 6.45) is 2.00. The van der Waals surface area contributed by atoms with Gasteiger partial charge in [0.15, 0.2) is 5.82 Å². The summed E-state index contributed by atoms with van der Waals surface area (Å²) in [6, 6.07) is 3.84. The highest BCUT2D eigenvalue weighted by Crippen LogP contribution is 2.29. The van der Waals surface area contributed by atoms with Crippen molar-refractivity contribution in [2.45, 2.75) is 18.9 Å².